The summed E-state index contributed by atoms with van der Waals surface area (Å²) in [6.45, 7) is 2.41. The quantitative estimate of drug-likeness (QED) is 0.925. The number of morpholine rings is 1. The van der Waals surface area contributed by atoms with Crippen molar-refractivity contribution in [2.75, 3.05) is 24.6 Å². The predicted molar refractivity (Wildman–Crippen MR) is 78.9 cm³/mol. The third-order valence-corrected chi connectivity index (χ3v) is 4.63. The van der Waals surface area contributed by atoms with Crippen molar-refractivity contribution in [2.45, 2.75) is 37.8 Å². The SMILES string of the molecule is NCCc1c(Cl)cccc1N1CCOC2CCCC21. The first-order valence-electron chi connectivity index (χ1n) is 7.17. The molecule has 0 aromatic heterocycles. The van der Waals surface area contributed by atoms with Crippen LogP contribution in [0.4, 0.5) is 5.69 Å². The van der Waals surface area contributed by atoms with Crippen molar-refractivity contribution < 1.29 is 4.74 Å². The molecule has 2 N–H and O–H groups in total. The molecule has 2 aliphatic rings. The van der Waals surface area contributed by atoms with Gasteiger partial charge in [-0.3, -0.25) is 0 Å². The molecule has 19 heavy (non-hydrogen) atoms. The van der Waals surface area contributed by atoms with Crippen molar-refractivity contribution in [3.05, 3.63) is 28.8 Å². The van der Waals surface area contributed by atoms with Crippen LogP contribution in [0.2, 0.25) is 5.02 Å². The maximum absolute atomic E-state index is 6.36. The van der Waals surface area contributed by atoms with Crippen molar-refractivity contribution in [2.24, 2.45) is 5.73 Å². The molecule has 2 fully saturated rings. The number of ether oxygens (including phenoxy) is 1. The number of hydrogen-bond donors (Lipinski definition) is 1. The largest absolute Gasteiger partial charge is 0.374 e. The molecule has 3 nitrogen and oxygen atoms in total. The van der Waals surface area contributed by atoms with Crippen LogP contribution in [-0.4, -0.2) is 31.8 Å². The number of rotatable bonds is 3. The van der Waals surface area contributed by atoms with Crippen LogP contribution in [0.1, 0.15) is 24.8 Å². The van der Waals surface area contributed by atoms with Crippen LogP contribution in [0.25, 0.3) is 0 Å². The second-order valence-electron chi connectivity index (χ2n) is 5.38. The van der Waals surface area contributed by atoms with Crippen molar-refractivity contribution in [3.8, 4) is 0 Å². The normalized spacial score (nSPS) is 26.5. The van der Waals surface area contributed by atoms with Gasteiger partial charge in [-0.1, -0.05) is 17.7 Å². The lowest BCUT2D eigenvalue weighted by molar-refractivity contribution is 0.0256. The van der Waals surface area contributed by atoms with Gasteiger partial charge in [0.25, 0.3) is 0 Å². The summed E-state index contributed by atoms with van der Waals surface area (Å²) in [5, 5.41) is 0.837. The number of fused-ring (bicyclic) bond motifs is 1. The van der Waals surface area contributed by atoms with Crippen LogP contribution in [0.15, 0.2) is 18.2 Å². The predicted octanol–water partition coefficient (Wildman–Crippen LogP) is 2.60. The Morgan fingerprint density at radius 3 is 3.11 bits per heavy atom. The molecule has 1 heterocycles. The highest BCUT2D eigenvalue weighted by atomic mass is 35.5. The van der Waals surface area contributed by atoms with E-state index in [2.05, 4.69) is 11.0 Å². The minimum Gasteiger partial charge on any atom is -0.374 e. The highest BCUT2D eigenvalue weighted by Gasteiger charge is 2.36. The van der Waals surface area contributed by atoms with Crippen molar-refractivity contribution >= 4 is 17.3 Å². The van der Waals surface area contributed by atoms with E-state index >= 15 is 0 Å². The fraction of sp³-hybridized carbons (Fsp3) is 0.600. The topological polar surface area (TPSA) is 38.5 Å². The van der Waals surface area contributed by atoms with E-state index in [-0.39, 0.29) is 0 Å². The molecular formula is C15H21ClN2O. The third-order valence-electron chi connectivity index (χ3n) is 4.28. The summed E-state index contributed by atoms with van der Waals surface area (Å²) >= 11 is 6.36. The first kappa shape index (κ1) is 13.2. The Morgan fingerprint density at radius 1 is 1.37 bits per heavy atom. The smallest absolute Gasteiger partial charge is 0.0779 e. The zero-order valence-corrected chi connectivity index (χ0v) is 11.9. The average Bonchev–Trinajstić information content (AvgIpc) is 2.89. The van der Waals surface area contributed by atoms with Crippen molar-refractivity contribution in [1.82, 2.24) is 0 Å². The maximum atomic E-state index is 6.36. The van der Waals surface area contributed by atoms with E-state index in [9.17, 15) is 0 Å². The zero-order chi connectivity index (χ0) is 13.2. The third kappa shape index (κ3) is 2.47. The Balaban J connectivity index is 1.94. The van der Waals surface area contributed by atoms with E-state index in [4.69, 9.17) is 22.1 Å². The van der Waals surface area contributed by atoms with Gasteiger partial charge in [-0.05, 0) is 49.9 Å². The molecule has 0 amide bonds. The second kappa shape index (κ2) is 5.70. The van der Waals surface area contributed by atoms with Crippen LogP contribution in [-0.2, 0) is 11.2 Å². The van der Waals surface area contributed by atoms with E-state index < -0.39 is 0 Å². The van der Waals surface area contributed by atoms with Gasteiger partial charge in [0.2, 0.25) is 0 Å². The molecule has 2 unspecified atom stereocenters. The Bertz CT molecular complexity index is 452. The molecule has 1 aromatic rings. The summed E-state index contributed by atoms with van der Waals surface area (Å²) in [6.07, 6.45) is 4.91. The fourth-order valence-corrected chi connectivity index (χ4v) is 3.70. The van der Waals surface area contributed by atoms with Gasteiger partial charge in [0, 0.05) is 17.3 Å². The van der Waals surface area contributed by atoms with E-state index in [0.717, 1.165) is 24.6 Å². The van der Waals surface area contributed by atoms with Crippen LogP contribution < -0.4 is 10.6 Å². The molecule has 1 aromatic carbocycles. The lowest BCUT2D eigenvalue weighted by Gasteiger charge is -2.40. The molecule has 0 radical (unpaired) electrons. The molecule has 4 heteroatoms. The van der Waals surface area contributed by atoms with Gasteiger partial charge in [0.15, 0.2) is 0 Å². The first-order chi connectivity index (χ1) is 9.31. The van der Waals surface area contributed by atoms with E-state index in [1.807, 2.05) is 12.1 Å². The maximum Gasteiger partial charge on any atom is 0.0779 e. The molecule has 0 spiro atoms. The Morgan fingerprint density at radius 2 is 2.26 bits per heavy atom. The highest BCUT2D eigenvalue weighted by Crippen LogP contribution is 2.36. The molecule has 1 aliphatic heterocycles. The zero-order valence-electron chi connectivity index (χ0n) is 11.1. The highest BCUT2D eigenvalue weighted by molar-refractivity contribution is 6.31. The van der Waals surface area contributed by atoms with E-state index in [0.29, 0.717) is 18.7 Å². The van der Waals surface area contributed by atoms with E-state index in [1.54, 1.807) is 0 Å². The van der Waals surface area contributed by atoms with Gasteiger partial charge in [-0.2, -0.15) is 0 Å². The van der Waals surface area contributed by atoms with Gasteiger partial charge in [-0.25, -0.2) is 0 Å². The summed E-state index contributed by atoms with van der Waals surface area (Å²) < 4.78 is 5.88. The van der Waals surface area contributed by atoms with E-state index in [1.165, 1.54) is 30.5 Å². The summed E-state index contributed by atoms with van der Waals surface area (Å²) in [4.78, 5) is 2.50. The van der Waals surface area contributed by atoms with Gasteiger partial charge >= 0.3 is 0 Å². The van der Waals surface area contributed by atoms with Crippen molar-refractivity contribution in [1.29, 1.82) is 0 Å². The summed E-state index contributed by atoms with van der Waals surface area (Å²) in [6, 6.07) is 6.70. The number of halogens is 1. The standard InChI is InChI=1S/C15H21ClN2O/c16-12-3-1-4-13(11(12)7-8-17)18-9-10-19-15-6-2-5-14(15)18/h1,3-4,14-15H,2,5-10,17H2. The van der Waals surface area contributed by atoms with Crippen molar-refractivity contribution in [3.63, 3.8) is 0 Å². The summed E-state index contributed by atoms with van der Waals surface area (Å²) in [5.74, 6) is 0. The molecule has 1 aliphatic carbocycles. The molecular weight excluding hydrogens is 260 g/mol. The molecule has 104 valence electrons. The molecule has 2 atom stereocenters. The molecule has 1 saturated carbocycles. The van der Waals surface area contributed by atoms with Crippen LogP contribution in [0.3, 0.4) is 0 Å². The lowest BCUT2D eigenvalue weighted by Crippen LogP contribution is -2.49. The van der Waals surface area contributed by atoms with Crippen LogP contribution in [0.5, 0.6) is 0 Å². The number of benzene rings is 1. The number of nitrogens with zero attached hydrogens (tertiary/aromatic N) is 1. The average molecular weight is 281 g/mol. The number of anilines is 1. The summed E-state index contributed by atoms with van der Waals surface area (Å²) in [5.41, 5.74) is 8.19. The Hall–Kier alpha value is -0.770. The minimum atomic E-state index is 0.401. The minimum absolute atomic E-state index is 0.401. The lowest BCUT2D eigenvalue weighted by atomic mass is 10.0. The van der Waals surface area contributed by atoms with Gasteiger partial charge < -0.3 is 15.4 Å². The first-order valence-corrected chi connectivity index (χ1v) is 7.55. The van der Waals surface area contributed by atoms with Gasteiger partial charge in [-0.15, -0.1) is 0 Å². The Kier molecular flexibility index (Phi) is 3.96. The monoisotopic (exact) mass is 280 g/mol. The van der Waals surface area contributed by atoms with Crippen LogP contribution >= 0.6 is 11.6 Å². The number of nitrogens with two attached hydrogens (primary N) is 1. The fourth-order valence-electron chi connectivity index (χ4n) is 3.43. The molecule has 0 bridgehead atoms. The second-order valence-corrected chi connectivity index (χ2v) is 5.78. The molecule has 1 saturated heterocycles. The Labute approximate surface area is 119 Å². The van der Waals surface area contributed by atoms with Gasteiger partial charge in [0.1, 0.15) is 0 Å². The van der Waals surface area contributed by atoms with Crippen LogP contribution in [0, 0.1) is 0 Å². The summed E-state index contributed by atoms with van der Waals surface area (Å²) in [7, 11) is 0. The van der Waals surface area contributed by atoms with Gasteiger partial charge in [0.05, 0.1) is 18.8 Å². The molecule has 3 rings (SSSR count). The number of hydrogen-bond acceptors (Lipinski definition) is 3.